The lowest BCUT2D eigenvalue weighted by atomic mass is 9.84. The Morgan fingerprint density at radius 2 is 1.86 bits per heavy atom. The summed E-state index contributed by atoms with van der Waals surface area (Å²) in [6, 6.07) is 12.9. The highest BCUT2D eigenvalue weighted by Crippen LogP contribution is 2.33. The summed E-state index contributed by atoms with van der Waals surface area (Å²) < 4.78 is 5.73. The smallest absolute Gasteiger partial charge is 0.287 e. The Morgan fingerprint density at radius 1 is 1.14 bits per heavy atom. The van der Waals surface area contributed by atoms with E-state index in [0.29, 0.717) is 31.5 Å². The molecule has 2 aliphatic rings. The van der Waals surface area contributed by atoms with Crippen LogP contribution in [0.5, 0.6) is 0 Å². The molecule has 150 valence electrons. The van der Waals surface area contributed by atoms with Crippen molar-refractivity contribution in [3.05, 3.63) is 66.0 Å². The van der Waals surface area contributed by atoms with E-state index in [1.54, 1.807) is 29.4 Å². The summed E-state index contributed by atoms with van der Waals surface area (Å²) in [5.41, 5.74) is 0.467. The number of carbonyl (C=O) groups is 2. The minimum Gasteiger partial charge on any atom is -0.440 e. The van der Waals surface area contributed by atoms with E-state index in [1.165, 1.54) is 6.92 Å². The number of amides is 2. The number of ether oxygens (including phenoxy) is 1. The number of hydrazone groups is 1. The molecule has 1 atom stereocenters. The maximum Gasteiger partial charge on any atom is 0.287 e. The summed E-state index contributed by atoms with van der Waals surface area (Å²) >= 11 is 0. The van der Waals surface area contributed by atoms with Gasteiger partial charge in [-0.05, 0) is 30.5 Å². The lowest BCUT2D eigenvalue weighted by molar-refractivity contribution is -0.157. The first kappa shape index (κ1) is 19.1. The van der Waals surface area contributed by atoms with Gasteiger partial charge in [-0.25, -0.2) is 0 Å². The number of hydrogen-bond donors (Lipinski definition) is 1. The molecule has 1 N–H and O–H groups in total. The molecule has 2 aromatic rings. The zero-order valence-corrected chi connectivity index (χ0v) is 16.1. The van der Waals surface area contributed by atoms with Crippen molar-refractivity contribution in [2.45, 2.75) is 31.6 Å². The zero-order valence-electron chi connectivity index (χ0n) is 16.1. The van der Waals surface area contributed by atoms with Crippen molar-refractivity contribution in [3.8, 4) is 0 Å². The molecule has 0 radical (unpaired) electrons. The fraction of sp³-hybridized carbons (Fsp3) is 0.333. The SMILES string of the molecule is CC(=O)N1N=C(c2cccnc2)OC1C(=O)N1CCC(O)(c2ccccc2)CC1. The molecule has 0 saturated carbocycles. The monoisotopic (exact) mass is 394 g/mol. The first-order valence-electron chi connectivity index (χ1n) is 9.50. The first-order valence-corrected chi connectivity index (χ1v) is 9.50. The summed E-state index contributed by atoms with van der Waals surface area (Å²) in [7, 11) is 0. The Bertz CT molecular complexity index is 924. The number of hydrogen-bond acceptors (Lipinski definition) is 6. The maximum atomic E-state index is 13.1. The fourth-order valence-electron chi connectivity index (χ4n) is 3.63. The van der Waals surface area contributed by atoms with Gasteiger partial charge in [0.05, 0.1) is 11.2 Å². The first-order chi connectivity index (χ1) is 14.0. The van der Waals surface area contributed by atoms with Crippen molar-refractivity contribution < 1.29 is 19.4 Å². The molecule has 1 aromatic heterocycles. The second-order valence-electron chi connectivity index (χ2n) is 7.20. The van der Waals surface area contributed by atoms with Gasteiger partial charge in [-0.15, -0.1) is 5.10 Å². The maximum absolute atomic E-state index is 13.1. The fourth-order valence-corrected chi connectivity index (χ4v) is 3.63. The molecular formula is C21H22N4O4. The Kier molecular flexibility index (Phi) is 5.02. The molecule has 0 spiro atoms. The zero-order chi connectivity index (χ0) is 20.4. The molecule has 8 heteroatoms. The van der Waals surface area contributed by atoms with Gasteiger partial charge in [-0.1, -0.05) is 30.3 Å². The van der Waals surface area contributed by atoms with Crippen LogP contribution in [0.1, 0.15) is 30.9 Å². The van der Waals surface area contributed by atoms with Crippen LogP contribution in [-0.2, 0) is 19.9 Å². The number of carbonyl (C=O) groups excluding carboxylic acids is 2. The number of pyridine rings is 1. The van der Waals surface area contributed by atoms with Gasteiger partial charge < -0.3 is 14.7 Å². The minimum atomic E-state index is -1.15. The van der Waals surface area contributed by atoms with Crippen LogP contribution in [0.25, 0.3) is 0 Å². The molecule has 8 nitrogen and oxygen atoms in total. The molecular weight excluding hydrogens is 372 g/mol. The number of benzene rings is 1. The van der Waals surface area contributed by atoms with Crippen LogP contribution in [0.15, 0.2) is 60.0 Å². The van der Waals surface area contributed by atoms with Crippen molar-refractivity contribution in [3.63, 3.8) is 0 Å². The predicted molar refractivity (Wildman–Crippen MR) is 104 cm³/mol. The van der Waals surface area contributed by atoms with E-state index in [-0.39, 0.29) is 17.7 Å². The summed E-state index contributed by atoms with van der Waals surface area (Å²) in [5, 5.41) is 16.2. The van der Waals surface area contributed by atoms with Crippen molar-refractivity contribution in [2.75, 3.05) is 13.1 Å². The topological polar surface area (TPSA) is 95.3 Å². The number of aliphatic hydroxyl groups is 1. The normalized spacial score (nSPS) is 20.8. The molecule has 1 unspecified atom stereocenters. The standard InChI is InChI=1S/C21H22N4O4/c1-15(26)25-20(29-18(23-25)16-6-5-11-22-14-16)19(27)24-12-9-21(28,10-13-24)17-7-3-2-4-8-17/h2-8,11,14,20,28H,9-10,12-13H2,1H3. The Balaban J connectivity index is 1.47. The summed E-state index contributed by atoms with van der Waals surface area (Å²) in [5.74, 6) is -0.553. The Morgan fingerprint density at radius 3 is 2.48 bits per heavy atom. The van der Waals surface area contributed by atoms with Gasteiger partial charge in [0, 0.05) is 32.4 Å². The van der Waals surface area contributed by atoms with Crippen LogP contribution in [0.3, 0.4) is 0 Å². The highest BCUT2D eigenvalue weighted by Gasteiger charge is 2.43. The molecule has 29 heavy (non-hydrogen) atoms. The number of rotatable bonds is 3. The largest absolute Gasteiger partial charge is 0.440 e. The van der Waals surface area contributed by atoms with Gasteiger partial charge in [0.2, 0.25) is 11.8 Å². The van der Waals surface area contributed by atoms with Gasteiger partial charge in [0.15, 0.2) is 0 Å². The van der Waals surface area contributed by atoms with Crippen LogP contribution in [0, 0.1) is 0 Å². The molecule has 3 heterocycles. The molecule has 0 bridgehead atoms. The number of aromatic nitrogens is 1. The Hall–Kier alpha value is -3.26. The number of nitrogens with zero attached hydrogens (tertiary/aromatic N) is 4. The quantitative estimate of drug-likeness (QED) is 0.850. The summed E-state index contributed by atoms with van der Waals surface area (Å²) in [4.78, 5) is 30.7. The van der Waals surface area contributed by atoms with E-state index in [0.717, 1.165) is 10.6 Å². The third-order valence-corrected chi connectivity index (χ3v) is 5.30. The van der Waals surface area contributed by atoms with Gasteiger partial charge in [0.1, 0.15) is 0 Å². The third-order valence-electron chi connectivity index (χ3n) is 5.30. The second kappa shape index (κ2) is 7.63. The van der Waals surface area contributed by atoms with E-state index in [4.69, 9.17) is 4.74 Å². The highest BCUT2D eigenvalue weighted by atomic mass is 16.5. The van der Waals surface area contributed by atoms with Crippen LogP contribution < -0.4 is 0 Å². The van der Waals surface area contributed by atoms with Crippen molar-refractivity contribution in [2.24, 2.45) is 5.10 Å². The van der Waals surface area contributed by atoms with Gasteiger partial charge in [-0.2, -0.15) is 5.01 Å². The average Bonchev–Trinajstić information content (AvgIpc) is 3.21. The van der Waals surface area contributed by atoms with Crippen molar-refractivity contribution in [1.82, 2.24) is 14.9 Å². The highest BCUT2D eigenvalue weighted by molar-refractivity contribution is 5.99. The van der Waals surface area contributed by atoms with Crippen molar-refractivity contribution in [1.29, 1.82) is 0 Å². The molecule has 1 saturated heterocycles. The minimum absolute atomic E-state index is 0.185. The predicted octanol–water partition coefficient (Wildman–Crippen LogP) is 1.46. The molecule has 1 fully saturated rings. The van der Waals surface area contributed by atoms with E-state index in [2.05, 4.69) is 10.1 Å². The summed E-state index contributed by atoms with van der Waals surface area (Å²) in [6.07, 6.45) is 2.85. The van der Waals surface area contributed by atoms with Gasteiger partial charge in [0.25, 0.3) is 12.1 Å². The lowest BCUT2D eigenvalue weighted by Gasteiger charge is -2.39. The van der Waals surface area contributed by atoms with E-state index in [1.807, 2.05) is 30.3 Å². The van der Waals surface area contributed by atoms with Crippen LogP contribution in [0.2, 0.25) is 0 Å². The molecule has 0 aliphatic carbocycles. The molecule has 2 amide bonds. The molecule has 4 rings (SSSR count). The number of piperidine rings is 1. The second-order valence-corrected chi connectivity index (χ2v) is 7.20. The molecule has 1 aromatic carbocycles. The third kappa shape index (κ3) is 3.71. The van der Waals surface area contributed by atoms with E-state index >= 15 is 0 Å². The van der Waals surface area contributed by atoms with Gasteiger partial charge >= 0.3 is 0 Å². The Labute approximate surface area is 168 Å². The molecule has 2 aliphatic heterocycles. The summed E-state index contributed by atoms with van der Waals surface area (Å²) in [6.45, 7) is 2.06. The number of likely N-dealkylation sites (tertiary alicyclic amines) is 1. The average molecular weight is 394 g/mol. The van der Waals surface area contributed by atoms with Gasteiger partial charge in [-0.3, -0.25) is 14.6 Å². The van der Waals surface area contributed by atoms with Crippen molar-refractivity contribution >= 4 is 17.7 Å². The lowest BCUT2D eigenvalue weighted by Crippen LogP contribution is -2.52. The van der Waals surface area contributed by atoms with E-state index < -0.39 is 11.8 Å². The van der Waals surface area contributed by atoms with E-state index in [9.17, 15) is 14.7 Å². The van der Waals surface area contributed by atoms with Crippen LogP contribution in [0.4, 0.5) is 0 Å². The van der Waals surface area contributed by atoms with Crippen LogP contribution >= 0.6 is 0 Å². The van der Waals surface area contributed by atoms with Crippen LogP contribution in [-0.4, -0.2) is 57.0 Å².